The van der Waals surface area contributed by atoms with E-state index in [0.717, 1.165) is 28.8 Å². The zero-order valence-corrected chi connectivity index (χ0v) is 17.0. The highest BCUT2D eigenvalue weighted by Crippen LogP contribution is 2.19. The lowest BCUT2D eigenvalue weighted by atomic mass is 10.1. The van der Waals surface area contributed by atoms with E-state index in [9.17, 15) is 9.18 Å². The average Bonchev–Trinajstić information content (AvgIpc) is 2.70. The number of hydrogen-bond acceptors (Lipinski definition) is 3. The van der Waals surface area contributed by atoms with Crippen molar-refractivity contribution in [2.45, 2.75) is 33.3 Å². The van der Waals surface area contributed by atoms with E-state index in [0.29, 0.717) is 0 Å². The summed E-state index contributed by atoms with van der Waals surface area (Å²) in [5.41, 5.74) is 3.46. The molecule has 1 atom stereocenters. The molecule has 150 valence electrons. The first-order valence-electron chi connectivity index (χ1n) is 9.60. The molecular formula is C25H26FNO2. The zero-order chi connectivity index (χ0) is 21.1. The molecule has 0 aliphatic heterocycles. The van der Waals surface area contributed by atoms with Gasteiger partial charge in [-0.1, -0.05) is 55.0 Å². The van der Waals surface area contributed by atoms with E-state index < -0.39 is 0 Å². The van der Waals surface area contributed by atoms with Gasteiger partial charge in [0.1, 0.15) is 11.9 Å². The Morgan fingerprint density at radius 1 is 1.17 bits per heavy atom. The Hall–Kier alpha value is -3.27. The van der Waals surface area contributed by atoms with Crippen LogP contribution >= 0.6 is 0 Å². The van der Waals surface area contributed by atoms with E-state index in [-0.39, 0.29) is 17.9 Å². The molecule has 0 saturated carbocycles. The lowest BCUT2D eigenvalue weighted by Crippen LogP contribution is -2.09. The van der Waals surface area contributed by atoms with Crippen molar-refractivity contribution in [1.82, 2.24) is 4.98 Å². The van der Waals surface area contributed by atoms with Gasteiger partial charge < -0.3 is 4.74 Å². The summed E-state index contributed by atoms with van der Waals surface area (Å²) in [6.07, 6.45) is 14.8. The van der Waals surface area contributed by atoms with Gasteiger partial charge in [-0.25, -0.2) is 9.18 Å². The van der Waals surface area contributed by atoms with Crippen LogP contribution in [0.25, 0.3) is 17.2 Å². The van der Waals surface area contributed by atoms with E-state index in [1.807, 2.05) is 56.4 Å². The SMILES string of the molecule is CC/C=C(C)/C=C/C(=O)OC(C)/C=C/C=C/c1ccc(-c2cccc(F)c2)cn1. The number of rotatable bonds is 8. The second-order valence-electron chi connectivity index (χ2n) is 6.56. The molecule has 3 nitrogen and oxygen atoms in total. The van der Waals surface area contributed by atoms with Gasteiger partial charge in [-0.05, 0) is 56.2 Å². The number of carbonyl (C=O) groups excluding carboxylic acids is 1. The van der Waals surface area contributed by atoms with Crippen molar-refractivity contribution in [3.05, 3.63) is 96.1 Å². The van der Waals surface area contributed by atoms with Crippen LogP contribution in [0.15, 0.2) is 84.6 Å². The van der Waals surface area contributed by atoms with Gasteiger partial charge in [0.25, 0.3) is 0 Å². The van der Waals surface area contributed by atoms with Crippen LogP contribution in [0, 0.1) is 5.82 Å². The number of benzene rings is 1. The molecule has 1 heterocycles. The largest absolute Gasteiger partial charge is 0.455 e. The monoisotopic (exact) mass is 391 g/mol. The van der Waals surface area contributed by atoms with Crippen LogP contribution in [0.1, 0.15) is 32.9 Å². The summed E-state index contributed by atoms with van der Waals surface area (Å²) in [6, 6.07) is 10.2. The third-order valence-corrected chi connectivity index (χ3v) is 4.01. The smallest absolute Gasteiger partial charge is 0.331 e. The van der Waals surface area contributed by atoms with Crippen LogP contribution in [-0.2, 0) is 9.53 Å². The molecule has 2 aromatic rings. The van der Waals surface area contributed by atoms with Gasteiger partial charge in [-0.15, -0.1) is 0 Å². The molecular weight excluding hydrogens is 365 g/mol. The van der Waals surface area contributed by atoms with Crippen molar-refractivity contribution in [3.63, 3.8) is 0 Å². The Labute approximate surface area is 171 Å². The van der Waals surface area contributed by atoms with Crippen LogP contribution in [-0.4, -0.2) is 17.1 Å². The zero-order valence-electron chi connectivity index (χ0n) is 17.0. The molecule has 1 unspecified atom stereocenters. The Bertz CT molecular complexity index is 924. The quantitative estimate of drug-likeness (QED) is 0.301. The second-order valence-corrected chi connectivity index (χ2v) is 6.56. The minimum Gasteiger partial charge on any atom is -0.455 e. The van der Waals surface area contributed by atoms with E-state index in [1.165, 1.54) is 18.2 Å². The van der Waals surface area contributed by atoms with Gasteiger partial charge in [0.2, 0.25) is 0 Å². The number of carbonyl (C=O) groups is 1. The molecule has 0 radical (unpaired) electrons. The molecule has 0 aliphatic carbocycles. The lowest BCUT2D eigenvalue weighted by Gasteiger charge is -2.06. The number of esters is 1. The maximum absolute atomic E-state index is 13.3. The molecule has 0 saturated heterocycles. The minimum absolute atomic E-state index is 0.269. The molecule has 0 N–H and O–H groups in total. The summed E-state index contributed by atoms with van der Waals surface area (Å²) in [4.78, 5) is 16.1. The van der Waals surface area contributed by atoms with E-state index >= 15 is 0 Å². The highest BCUT2D eigenvalue weighted by atomic mass is 19.1. The van der Waals surface area contributed by atoms with Crippen LogP contribution in [0.2, 0.25) is 0 Å². The van der Waals surface area contributed by atoms with Crippen molar-refractivity contribution in [1.29, 1.82) is 0 Å². The van der Waals surface area contributed by atoms with Gasteiger partial charge in [0, 0.05) is 17.8 Å². The highest BCUT2D eigenvalue weighted by Gasteiger charge is 2.02. The fourth-order valence-corrected chi connectivity index (χ4v) is 2.57. The van der Waals surface area contributed by atoms with Gasteiger partial charge in [-0.3, -0.25) is 4.98 Å². The Kier molecular flexibility index (Phi) is 8.77. The predicted molar refractivity (Wildman–Crippen MR) is 117 cm³/mol. The maximum Gasteiger partial charge on any atom is 0.331 e. The van der Waals surface area contributed by atoms with Gasteiger partial charge in [0.15, 0.2) is 0 Å². The predicted octanol–water partition coefficient (Wildman–Crippen LogP) is 6.30. The summed E-state index contributed by atoms with van der Waals surface area (Å²) in [7, 11) is 0. The molecule has 0 spiro atoms. The van der Waals surface area contributed by atoms with Gasteiger partial charge in [0.05, 0.1) is 5.69 Å². The van der Waals surface area contributed by atoms with Crippen LogP contribution in [0.3, 0.4) is 0 Å². The number of aromatic nitrogens is 1. The fraction of sp³-hybridized carbons (Fsp3) is 0.200. The molecule has 0 aliphatic rings. The standard InChI is InChI=1S/C25H26FNO2/c1-4-8-19(2)13-16-25(28)29-20(3)9-5-6-12-24-15-14-22(18-27-24)21-10-7-11-23(26)17-21/h5-18,20H,4H2,1-3H3/b9-5+,12-6+,16-13+,19-8+. The van der Waals surface area contributed by atoms with Crippen LogP contribution < -0.4 is 0 Å². The topological polar surface area (TPSA) is 39.2 Å². The summed E-state index contributed by atoms with van der Waals surface area (Å²) < 4.78 is 18.6. The number of pyridine rings is 1. The van der Waals surface area contributed by atoms with Crippen molar-refractivity contribution in [2.24, 2.45) is 0 Å². The summed E-state index contributed by atoms with van der Waals surface area (Å²) in [6.45, 7) is 5.79. The molecule has 0 amide bonds. The summed E-state index contributed by atoms with van der Waals surface area (Å²) >= 11 is 0. The van der Waals surface area contributed by atoms with Crippen molar-refractivity contribution in [3.8, 4) is 11.1 Å². The lowest BCUT2D eigenvalue weighted by molar-refractivity contribution is -0.140. The van der Waals surface area contributed by atoms with Crippen LogP contribution in [0.5, 0.6) is 0 Å². The van der Waals surface area contributed by atoms with Crippen molar-refractivity contribution >= 4 is 12.0 Å². The first kappa shape index (κ1) is 22.0. The first-order chi connectivity index (χ1) is 14.0. The summed E-state index contributed by atoms with van der Waals surface area (Å²) in [5.74, 6) is -0.640. The number of allylic oxidation sites excluding steroid dienone is 5. The van der Waals surface area contributed by atoms with Gasteiger partial charge >= 0.3 is 5.97 Å². The fourth-order valence-electron chi connectivity index (χ4n) is 2.57. The third-order valence-electron chi connectivity index (χ3n) is 4.01. The Morgan fingerprint density at radius 2 is 2.00 bits per heavy atom. The van der Waals surface area contributed by atoms with Crippen molar-refractivity contribution in [2.75, 3.05) is 0 Å². The summed E-state index contributed by atoms with van der Waals surface area (Å²) in [5, 5.41) is 0. The van der Waals surface area contributed by atoms with E-state index in [1.54, 1.807) is 31.3 Å². The maximum atomic E-state index is 13.3. The first-order valence-corrected chi connectivity index (χ1v) is 9.60. The molecule has 0 fully saturated rings. The minimum atomic E-state index is -0.371. The molecule has 1 aromatic heterocycles. The highest BCUT2D eigenvalue weighted by molar-refractivity contribution is 5.82. The number of hydrogen-bond donors (Lipinski definition) is 0. The van der Waals surface area contributed by atoms with Crippen LogP contribution in [0.4, 0.5) is 4.39 Å². The van der Waals surface area contributed by atoms with E-state index in [2.05, 4.69) is 4.98 Å². The van der Waals surface area contributed by atoms with E-state index in [4.69, 9.17) is 4.74 Å². The normalized spacial score (nSPS) is 13.4. The molecule has 1 aromatic carbocycles. The van der Waals surface area contributed by atoms with Crippen molar-refractivity contribution < 1.29 is 13.9 Å². The molecule has 2 rings (SSSR count). The number of halogens is 1. The molecule has 0 bridgehead atoms. The number of nitrogens with zero attached hydrogens (tertiary/aromatic N) is 1. The molecule has 29 heavy (non-hydrogen) atoms. The average molecular weight is 391 g/mol. The number of ether oxygens (including phenoxy) is 1. The Balaban J connectivity index is 1.86. The molecule has 4 heteroatoms. The third kappa shape index (κ3) is 8.09. The Morgan fingerprint density at radius 3 is 2.69 bits per heavy atom. The van der Waals surface area contributed by atoms with Gasteiger partial charge in [-0.2, -0.15) is 0 Å². The second kappa shape index (κ2) is 11.5.